The first kappa shape index (κ1) is 27.1. The van der Waals surface area contributed by atoms with E-state index in [0.717, 1.165) is 25.2 Å². The Morgan fingerprint density at radius 2 is 1.65 bits per heavy atom. The van der Waals surface area contributed by atoms with Crippen molar-refractivity contribution in [3.05, 3.63) is 18.0 Å². The van der Waals surface area contributed by atoms with Crippen LogP contribution in [0.5, 0.6) is 0 Å². The van der Waals surface area contributed by atoms with Crippen LogP contribution in [0.2, 0.25) is 0 Å². The SMILES string of the molecule is CC.COC.NCCOC1CCN(C2CCN(c3ncc(C(F)(F)F)cn3)CC2)C1=O. The first-order valence-corrected chi connectivity index (χ1v) is 10.5. The van der Waals surface area contributed by atoms with Crippen molar-refractivity contribution in [1.29, 1.82) is 0 Å². The van der Waals surface area contributed by atoms with E-state index in [-0.39, 0.29) is 17.9 Å². The van der Waals surface area contributed by atoms with Gasteiger partial charge in [0.2, 0.25) is 5.95 Å². The standard InChI is InChI=1S/C16H22F3N5O2.C2H6O.C2H6/c17-16(18,19)11-9-21-15(22-10-11)23-5-1-12(2-6-23)24-7-3-13(14(24)25)26-8-4-20;1-3-2;1-2/h9-10,12-13H,1-8,20H2;1-2H3;1-2H3. The van der Waals surface area contributed by atoms with E-state index in [2.05, 4.69) is 14.7 Å². The molecule has 0 radical (unpaired) electrons. The van der Waals surface area contributed by atoms with E-state index >= 15 is 0 Å². The minimum absolute atomic E-state index is 0.00248. The van der Waals surface area contributed by atoms with Gasteiger partial charge in [0.25, 0.3) is 5.91 Å². The topological polar surface area (TPSA) is 93.8 Å². The molecular formula is C20H34F3N5O3. The summed E-state index contributed by atoms with van der Waals surface area (Å²) in [6.45, 7) is 6.60. The van der Waals surface area contributed by atoms with Gasteiger partial charge in [-0.1, -0.05) is 13.8 Å². The first-order valence-electron chi connectivity index (χ1n) is 10.5. The summed E-state index contributed by atoms with van der Waals surface area (Å²) in [4.78, 5) is 23.8. The Kier molecular flexibility index (Phi) is 11.7. The molecule has 178 valence electrons. The van der Waals surface area contributed by atoms with Crippen LogP contribution < -0.4 is 10.6 Å². The van der Waals surface area contributed by atoms with Crippen LogP contribution in [0.1, 0.15) is 38.7 Å². The maximum atomic E-state index is 12.6. The Morgan fingerprint density at radius 1 is 1.10 bits per heavy atom. The molecule has 0 aliphatic carbocycles. The van der Waals surface area contributed by atoms with Gasteiger partial charge in [0.05, 0.1) is 12.2 Å². The summed E-state index contributed by atoms with van der Waals surface area (Å²) in [6.07, 6.45) is -1.13. The number of rotatable bonds is 5. The van der Waals surface area contributed by atoms with Crippen LogP contribution in [-0.4, -0.2) is 79.9 Å². The van der Waals surface area contributed by atoms with Gasteiger partial charge in [-0.2, -0.15) is 13.2 Å². The zero-order chi connectivity index (χ0) is 23.4. The predicted molar refractivity (Wildman–Crippen MR) is 112 cm³/mol. The predicted octanol–water partition coefficient (Wildman–Crippen LogP) is 2.33. The Hall–Kier alpha value is -1.98. The van der Waals surface area contributed by atoms with Crippen LogP contribution in [0, 0.1) is 0 Å². The van der Waals surface area contributed by atoms with Crippen LogP contribution in [0.3, 0.4) is 0 Å². The number of aromatic nitrogens is 2. The largest absolute Gasteiger partial charge is 0.419 e. The molecule has 2 N–H and O–H groups in total. The van der Waals surface area contributed by atoms with Crippen molar-refractivity contribution < 1.29 is 27.4 Å². The van der Waals surface area contributed by atoms with Crippen molar-refractivity contribution in [2.45, 2.75) is 51.4 Å². The number of hydrogen-bond acceptors (Lipinski definition) is 7. The molecule has 8 nitrogen and oxygen atoms in total. The molecule has 2 aliphatic heterocycles. The van der Waals surface area contributed by atoms with Crippen molar-refractivity contribution in [3.63, 3.8) is 0 Å². The highest BCUT2D eigenvalue weighted by Gasteiger charge is 2.38. The summed E-state index contributed by atoms with van der Waals surface area (Å²) >= 11 is 0. The Labute approximate surface area is 181 Å². The second-order valence-corrected chi connectivity index (χ2v) is 6.86. The average Bonchev–Trinajstić information content (AvgIpc) is 3.14. The number of halogens is 3. The van der Waals surface area contributed by atoms with E-state index in [9.17, 15) is 18.0 Å². The third-order valence-corrected chi connectivity index (χ3v) is 4.78. The highest BCUT2D eigenvalue weighted by molar-refractivity contribution is 5.83. The van der Waals surface area contributed by atoms with Gasteiger partial charge in [-0.25, -0.2) is 9.97 Å². The smallest absolute Gasteiger partial charge is 0.388 e. The third-order valence-electron chi connectivity index (χ3n) is 4.78. The molecule has 1 amide bonds. The van der Waals surface area contributed by atoms with E-state index < -0.39 is 17.8 Å². The van der Waals surface area contributed by atoms with Gasteiger partial charge in [0, 0.05) is 65.3 Å². The fraction of sp³-hybridized carbons (Fsp3) is 0.750. The number of alkyl halides is 3. The summed E-state index contributed by atoms with van der Waals surface area (Å²) in [5.74, 6) is 0.288. The maximum absolute atomic E-state index is 12.6. The molecule has 0 spiro atoms. The number of anilines is 1. The summed E-state index contributed by atoms with van der Waals surface area (Å²) in [5.41, 5.74) is 4.54. The normalized spacial score (nSPS) is 19.5. The highest BCUT2D eigenvalue weighted by atomic mass is 19.4. The molecule has 1 aromatic rings. The lowest BCUT2D eigenvalue weighted by Gasteiger charge is -2.36. The number of amides is 1. The van der Waals surface area contributed by atoms with Gasteiger partial charge < -0.3 is 25.0 Å². The lowest BCUT2D eigenvalue weighted by Crippen LogP contribution is -2.47. The second kappa shape index (κ2) is 13.4. The molecule has 2 fully saturated rings. The molecular weight excluding hydrogens is 415 g/mol. The Bertz CT molecular complexity index is 638. The highest BCUT2D eigenvalue weighted by Crippen LogP contribution is 2.29. The van der Waals surface area contributed by atoms with Gasteiger partial charge in [-0.15, -0.1) is 0 Å². The number of hydrogen-bond donors (Lipinski definition) is 1. The molecule has 0 saturated carbocycles. The molecule has 11 heteroatoms. The van der Waals surface area contributed by atoms with Gasteiger partial charge in [-0.05, 0) is 12.8 Å². The Balaban J connectivity index is 0.000000884. The number of nitrogens with zero attached hydrogens (tertiary/aromatic N) is 4. The molecule has 3 heterocycles. The van der Waals surface area contributed by atoms with E-state index in [1.807, 2.05) is 23.6 Å². The minimum Gasteiger partial charge on any atom is -0.388 e. The van der Waals surface area contributed by atoms with Crippen LogP contribution >= 0.6 is 0 Å². The molecule has 1 aromatic heterocycles. The molecule has 31 heavy (non-hydrogen) atoms. The fourth-order valence-corrected chi connectivity index (χ4v) is 3.41. The van der Waals surface area contributed by atoms with Crippen LogP contribution in [0.4, 0.5) is 19.1 Å². The lowest BCUT2D eigenvalue weighted by atomic mass is 10.0. The van der Waals surface area contributed by atoms with Gasteiger partial charge >= 0.3 is 6.18 Å². The van der Waals surface area contributed by atoms with E-state index in [4.69, 9.17) is 10.5 Å². The van der Waals surface area contributed by atoms with E-state index in [0.29, 0.717) is 39.2 Å². The number of carbonyl (C=O) groups excluding carboxylic acids is 1. The van der Waals surface area contributed by atoms with Crippen LogP contribution in [-0.2, 0) is 20.4 Å². The van der Waals surface area contributed by atoms with Gasteiger partial charge in [0.15, 0.2) is 0 Å². The number of methoxy groups -OCH3 is 1. The van der Waals surface area contributed by atoms with Crippen molar-refractivity contribution in [2.75, 3.05) is 51.9 Å². The van der Waals surface area contributed by atoms with E-state index in [1.54, 1.807) is 14.2 Å². The molecule has 2 aliphatic rings. The lowest BCUT2D eigenvalue weighted by molar-refractivity contribution is -0.139. The quantitative estimate of drug-likeness (QED) is 0.737. The van der Waals surface area contributed by atoms with Crippen LogP contribution in [0.25, 0.3) is 0 Å². The first-order chi connectivity index (χ1) is 14.8. The fourth-order valence-electron chi connectivity index (χ4n) is 3.41. The van der Waals surface area contributed by atoms with Gasteiger partial charge in [0.1, 0.15) is 6.10 Å². The zero-order valence-corrected chi connectivity index (χ0v) is 18.7. The summed E-state index contributed by atoms with van der Waals surface area (Å²) in [6, 6.07) is 0.111. The van der Waals surface area contributed by atoms with Crippen molar-refractivity contribution in [3.8, 4) is 0 Å². The molecule has 1 atom stereocenters. The Morgan fingerprint density at radius 3 is 2.13 bits per heavy atom. The van der Waals surface area contributed by atoms with Crippen LogP contribution in [0.15, 0.2) is 12.4 Å². The average molecular weight is 450 g/mol. The molecule has 3 rings (SSSR count). The second-order valence-electron chi connectivity index (χ2n) is 6.86. The summed E-state index contributed by atoms with van der Waals surface area (Å²) < 4.78 is 47.5. The zero-order valence-electron chi connectivity index (χ0n) is 18.7. The van der Waals surface area contributed by atoms with Crippen molar-refractivity contribution in [1.82, 2.24) is 14.9 Å². The number of nitrogens with two attached hydrogens (primary N) is 1. The molecule has 1 unspecified atom stereocenters. The van der Waals surface area contributed by atoms with E-state index in [1.165, 1.54) is 0 Å². The number of ether oxygens (including phenoxy) is 2. The van der Waals surface area contributed by atoms with Gasteiger partial charge in [-0.3, -0.25) is 4.79 Å². The minimum atomic E-state index is -4.44. The number of piperidine rings is 1. The number of likely N-dealkylation sites (tertiary alicyclic amines) is 1. The van der Waals surface area contributed by atoms with Crippen molar-refractivity contribution in [2.24, 2.45) is 5.73 Å². The third kappa shape index (κ3) is 7.89. The molecule has 0 aromatic carbocycles. The summed E-state index contributed by atoms with van der Waals surface area (Å²) in [5, 5.41) is 0. The molecule has 2 saturated heterocycles. The van der Waals surface area contributed by atoms with Crippen molar-refractivity contribution >= 4 is 11.9 Å². The number of carbonyl (C=O) groups is 1. The molecule has 0 bridgehead atoms. The summed E-state index contributed by atoms with van der Waals surface area (Å²) in [7, 11) is 3.25. The monoisotopic (exact) mass is 449 g/mol. The maximum Gasteiger partial charge on any atom is 0.419 e.